The predicted octanol–water partition coefficient (Wildman–Crippen LogP) is 2.71. The Hall–Kier alpha value is -2.71. The second-order valence-electron chi connectivity index (χ2n) is 3.87. The zero-order chi connectivity index (χ0) is 15.6. The fourth-order valence-corrected chi connectivity index (χ4v) is 1.48. The summed E-state index contributed by atoms with van der Waals surface area (Å²) in [6, 6.07) is 2.12. The Bertz CT molecular complexity index is 687. The van der Waals surface area contributed by atoms with Crippen LogP contribution in [-0.4, -0.2) is 15.8 Å². The molecule has 0 saturated carbocycles. The lowest BCUT2D eigenvalue weighted by molar-refractivity contribution is -0.140. The summed E-state index contributed by atoms with van der Waals surface area (Å²) in [5.41, 5.74) is 3.66. The van der Waals surface area contributed by atoms with E-state index in [1.807, 2.05) is 0 Å². The third kappa shape index (κ3) is 3.25. The molecule has 3 N–H and O–H groups in total. The first-order valence-electron chi connectivity index (χ1n) is 5.49. The van der Waals surface area contributed by atoms with Crippen molar-refractivity contribution in [1.29, 1.82) is 5.41 Å². The van der Waals surface area contributed by atoms with Crippen molar-refractivity contribution < 1.29 is 22.3 Å². The van der Waals surface area contributed by atoms with Crippen LogP contribution in [0.5, 0.6) is 11.6 Å². The highest BCUT2D eigenvalue weighted by atomic mass is 19.4. The highest BCUT2D eigenvalue weighted by Crippen LogP contribution is 2.34. The van der Waals surface area contributed by atoms with Crippen molar-refractivity contribution in [2.45, 2.75) is 6.18 Å². The number of alkyl halides is 3. The topological polar surface area (TPSA) is 84.9 Å². The van der Waals surface area contributed by atoms with Gasteiger partial charge in [0.25, 0.3) is 0 Å². The van der Waals surface area contributed by atoms with Gasteiger partial charge in [-0.3, -0.25) is 5.41 Å². The molecule has 2 rings (SSSR count). The molecule has 0 aliphatic rings. The largest absolute Gasteiger partial charge is 0.437 e. The number of nitrogens with two attached hydrogens (primary N) is 1. The molecule has 0 fully saturated rings. The summed E-state index contributed by atoms with van der Waals surface area (Å²) in [6.07, 6.45) is -2.39. The lowest BCUT2D eigenvalue weighted by atomic mass is 10.2. The molecular formula is C12H8F4N4O. The second-order valence-corrected chi connectivity index (χ2v) is 3.87. The minimum Gasteiger partial charge on any atom is -0.437 e. The molecule has 0 amide bonds. The van der Waals surface area contributed by atoms with E-state index in [9.17, 15) is 17.6 Å². The number of hydrogen-bond acceptors (Lipinski definition) is 4. The average molecular weight is 300 g/mol. The van der Waals surface area contributed by atoms with E-state index in [-0.39, 0.29) is 17.3 Å². The van der Waals surface area contributed by atoms with E-state index in [1.54, 1.807) is 0 Å². The van der Waals surface area contributed by atoms with Crippen LogP contribution in [0.25, 0.3) is 0 Å². The van der Waals surface area contributed by atoms with Crippen molar-refractivity contribution in [2.24, 2.45) is 5.73 Å². The summed E-state index contributed by atoms with van der Waals surface area (Å²) in [5.74, 6) is -2.42. The van der Waals surface area contributed by atoms with Gasteiger partial charge in [0.2, 0.25) is 5.88 Å². The van der Waals surface area contributed by atoms with Gasteiger partial charge in [-0.1, -0.05) is 0 Å². The average Bonchev–Trinajstić information content (AvgIpc) is 2.40. The summed E-state index contributed by atoms with van der Waals surface area (Å²) >= 11 is 0. The number of nitrogen functional groups attached to an aromatic ring is 1. The summed E-state index contributed by atoms with van der Waals surface area (Å²) in [4.78, 5) is 7.46. The quantitative estimate of drug-likeness (QED) is 0.518. The van der Waals surface area contributed by atoms with Gasteiger partial charge >= 0.3 is 6.18 Å². The number of hydrogen-bond donors (Lipinski definition) is 2. The van der Waals surface area contributed by atoms with E-state index in [2.05, 4.69) is 9.97 Å². The molecule has 2 aromatic rings. The molecule has 0 saturated heterocycles. The number of ether oxygens (including phenoxy) is 1. The van der Waals surface area contributed by atoms with E-state index < -0.39 is 23.4 Å². The van der Waals surface area contributed by atoms with Crippen LogP contribution in [0, 0.1) is 11.2 Å². The van der Waals surface area contributed by atoms with Crippen molar-refractivity contribution in [3.63, 3.8) is 0 Å². The minimum absolute atomic E-state index is 0.129. The highest BCUT2D eigenvalue weighted by Gasteiger charge is 2.34. The van der Waals surface area contributed by atoms with Crippen LogP contribution in [-0.2, 0) is 6.18 Å². The molecular weight excluding hydrogens is 292 g/mol. The first-order chi connectivity index (χ1) is 9.79. The van der Waals surface area contributed by atoms with Gasteiger partial charge in [-0.05, 0) is 18.2 Å². The van der Waals surface area contributed by atoms with Crippen molar-refractivity contribution >= 4 is 5.84 Å². The number of rotatable bonds is 3. The van der Waals surface area contributed by atoms with Crippen LogP contribution < -0.4 is 10.5 Å². The van der Waals surface area contributed by atoms with Crippen LogP contribution in [0.15, 0.2) is 30.6 Å². The van der Waals surface area contributed by atoms with E-state index in [0.29, 0.717) is 12.1 Å². The number of nitrogens with zero attached hydrogens (tertiary/aromatic N) is 2. The van der Waals surface area contributed by atoms with Gasteiger partial charge in [-0.25, -0.2) is 14.4 Å². The number of benzene rings is 1. The molecule has 0 spiro atoms. The van der Waals surface area contributed by atoms with E-state index >= 15 is 0 Å². The molecule has 0 unspecified atom stereocenters. The van der Waals surface area contributed by atoms with Gasteiger partial charge in [0.1, 0.15) is 17.4 Å². The van der Waals surface area contributed by atoms with Crippen molar-refractivity contribution in [1.82, 2.24) is 9.97 Å². The van der Waals surface area contributed by atoms with Gasteiger partial charge in [0, 0.05) is 12.4 Å². The zero-order valence-corrected chi connectivity index (χ0v) is 10.3. The van der Waals surface area contributed by atoms with Crippen molar-refractivity contribution in [3.05, 3.63) is 47.7 Å². The Morgan fingerprint density at radius 1 is 1.19 bits per heavy atom. The third-order valence-corrected chi connectivity index (χ3v) is 2.38. The summed E-state index contributed by atoms with van der Waals surface area (Å²) in [5, 5.41) is 7.27. The Balaban J connectivity index is 2.40. The molecule has 110 valence electrons. The SMILES string of the molecule is N=C(N)c1nccnc1Oc1ccc(F)c(C(F)(F)F)c1. The van der Waals surface area contributed by atoms with E-state index in [1.165, 1.54) is 12.4 Å². The summed E-state index contributed by atoms with van der Waals surface area (Å²) < 4.78 is 56.0. The monoisotopic (exact) mass is 300 g/mol. The maximum absolute atomic E-state index is 13.2. The highest BCUT2D eigenvalue weighted by molar-refractivity contribution is 5.95. The lowest BCUT2D eigenvalue weighted by Gasteiger charge is -2.11. The van der Waals surface area contributed by atoms with Crippen LogP contribution in [0.4, 0.5) is 17.6 Å². The second kappa shape index (κ2) is 5.35. The molecule has 0 radical (unpaired) electrons. The normalized spacial score (nSPS) is 11.2. The molecule has 0 bridgehead atoms. The molecule has 0 aliphatic carbocycles. The number of amidine groups is 1. The fourth-order valence-electron chi connectivity index (χ4n) is 1.48. The maximum atomic E-state index is 13.2. The van der Waals surface area contributed by atoms with Gasteiger partial charge in [0.15, 0.2) is 5.69 Å². The molecule has 1 aromatic carbocycles. The summed E-state index contributed by atoms with van der Waals surface area (Å²) in [6.45, 7) is 0. The first kappa shape index (κ1) is 14.7. The van der Waals surface area contributed by atoms with Crippen molar-refractivity contribution in [2.75, 3.05) is 0 Å². The smallest absolute Gasteiger partial charge is 0.419 e. The first-order valence-corrected chi connectivity index (χ1v) is 5.49. The van der Waals surface area contributed by atoms with Crippen LogP contribution in [0.3, 0.4) is 0 Å². The number of aromatic nitrogens is 2. The van der Waals surface area contributed by atoms with Gasteiger partial charge < -0.3 is 10.5 Å². The molecule has 0 aliphatic heterocycles. The molecule has 9 heteroatoms. The van der Waals surface area contributed by atoms with Gasteiger partial charge in [0.05, 0.1) is 5.56 Å². The fraction of sp³-hybridized carbons (Fsp3) is 0.0833. The van der Waals surface area contributed by atoms with Crippen LogP contribution in [0.2, 0.25) is 0 Å². The number of halogens is 4. The van der Waals surface area contributed by atoms with E-state index in [0.717, 1.165) is 6.07 Å². The Morgan fingerprint density at radius 3 is 2.48 bits per heavy atom. The van der Waals surface area contributed by atoms with Gasteiger partial charge in [-0.2, -0.15) is 13.2 Å². The zero-order valence-electron chi connectivity index (χ0n) is 10.3. The standard InChI is InChI=1S/C12H8F4N4O/c13-8-2-1-6(5-7(8)12(14,15)16)21-11-9(10(17)18)19-3-4-20-11/h1-5H,(H3,17,18). The molecule has 0 atom stereocenters. The third-order valence-electron chi connectivity index (χ3n) is 2.38. The molecule has 1 aromatic heterocycles. The maximum Gasteiger partial charge on any atom is 0.419 e. The lowest BCUT2D eigenvalue weighted by Crippen LogP contribution is -2.15. The molecule has 5 nitrogen and oxygen atoms in total. The predicted molar refractivity (Wildman–Crippen MR) is 64.5 cm³/mol. The molecule has 1 heterocycles. The molecule has 21 heavy (non-hydrogen) atoms. The van der Waals surface area contributed by atoms with E-state index in [4.69, 9.17) is 15.9 Å². The van der Waals surface area contributed by atoms with Crippen LogP contribution >= 0.6 is 0 Å². The van der Waals surface area contributed by atoms with Crippen molar-refractivity contribution in [3.8, 4) is 11.6 Å². The Kier molecular flexibility index (Phi) is 3.74. The Morgan fingerprint density at radius 2 is 1.86 bits per heavy atom. The Labute approximate surface area is 115 Å². The summed E-state index contributed by atoms with van der Waals surface area (Å²) in [7, 11) is 0. The minimum atomic E-state index is -4.85. The van der Waals surface area contributed by atoms with Gasteiger partial charge in [-0.15, -0.1) is 0 Å². The number of nitrogens with one attached hydrogen (secondary N) is 1. The van der Waals surface area contributed by atoms with Crippen LogP contribution in [0.1, 0.15) is 11.3 Å².